The number of hydrogen-bond donors (Lipinski definition) is 1. The maximum Gasteiger partial charge on any atom is 0.337 e. The third-order valence-corrected chi connectivity index (χ3v) is 3.30. The lowest BCUT2D eigenvalue weighted by Gasteiger charge is -2.06. The largest absolute Gasteiger partial charge is 0.465 e. The molecule has 1 aromatic rings. The molecule has 0 bridgehead atoms. The number of hydrogen-bond acceptors (Lipinski definition) is 4. The molecule has 0 saturated carbocycles. The van der Waals surface area contributed by atoms with Gasteiger partial charge in [-0.05, 0) is 24.6 Å². The molecular formula is C12H17NO2S. The van der Waals surface area contributed by atoms with Crippen molar-refractivity contribution in [1.29, 1.82) is 0 Å². The van der Waals surface area contributed by atoms with Gasteiger partial charge in [-0.1, -0.05) is 12.1 Å². The Morgan fingerprint density at radius 1 is 1.56 bits per heavy atom. The molecule has 1 rings (SSSR count). The molecular weight excluding hydrogens is 222 g/mol. The van der Waals surface area contributed by atoms with Crippen LogP contribution in [0.2, 0.25) is 0 Å². The Hall–Kier alpha value is -1.00. The molecule has 2 N–H and O–H groups in total. The zero-order chi connectivity index (χ0) is 12.0. The maximum absolute atomic E-state index is 11.3. The lowest BCUT2D eigenvalue weighted by molar-refractivity contribution is 0.0600. The maximum atomic E-state index is 11.3. The molecule has 0 aromatic heterocycles. The molecule has 1 unspecified atom stereocenters. The molecule has 0 amide bonds. The molecule has 0 radical (unpaired) electrons. The van der Waals surface area contributed by atoms with Crippen LogP contribution in [0.4, 0.5) is 0 Å². The van der Waals surface area contributed by atoms with E-state index in [-0.39, 0.29) is 12.0 Å². The van der Waals surface area contributed by atoms with Crippen LogP contribution in [0.15, 0.2) is 24.3 Å². The van der Waals surface area contributed by atoms with Gasteiger partial charge in [-0.2, -0.15) is 11.8 Å². The Morgan fingerprint density at radius 3 is 2.94 bits per heavy atom. The van der Waals surface area contributed by atoms with E-state index in [9.17, 15) is 4.79 Å². The predicted molar refractivity (Wildman–Crippen MR) is 67.6 cm³/mol. The standard InChI is InChI=1S/C12H17NO2S/c1-9(13)7-16-8-10-4-3-5-11(6-10)12(14)15-2/h3-6,9H,7-8,13H2,1-2H3. The number of methoxy groups -OCH3 is 1. The van der Waals surface area contributed by atoms with E-state index in [0.29, 0.717) is 5.56 Å². The monoisotopic (exact) mass is 239 g/mol. The summed E-state index contributed by atoms with van der Waals surface area (Å²) in [6.07, 6.45) is 0. The number of rotatable bonds is 5. The van der Waals surface area contributed by atoms with Crippen molar-refractivity contribution < 1.29 is 9.53 Å². The summed E-state index contributed by atoms with van der Waals surface area (Å²) >= 11 is 1.77. The van der Waals surface area contributed by atoms with Gasteiger partial charge in [-0.25, -0.2) is 4.79 Å². The van der Waals surface area contributed by atoms with Crippen molar-refractivity contribution in [3.05, 3.63) is 35.4 Å². The van der Waals surface area contributed by atoms with Gasteiger partial charge in [-0.15, -0.1) is 0 Å². The lowest BCUT2D eigenvalue weighted by atomic mass is 10.1. The van der Waals surface area contributed by atoms with Crippen LogP contribution in [0.3, 0.4) is 0 Å². The zero-order valence-corrected chi connectivity index (χ0v) is 10.4. The van der Waals surface area contributed by atoms with Crippen LogP contribution in [-0.4, -0.2) is 24.9 Å². The number of ether oxygens (including phenoxy) is 1. The van der Waals surface area contributed by atoms with Crippen LogP contribution >= 0.6 is 11.8 Å². The normalized spacial score (nSPS) is 12.2. The second kappa shape index (κ2) is 6.55. The van der Waals surface area contributed by atoms with Crippen LogP contribution < -0.4 is 5.73 Å². The summed E-state index contributed by atoms with van der Waals surface area (Å²) < 4.78 is 4.67. The van der Waals surface area contributed by atoms with Crippen LogP contribution in [0.1, 0.15) is 22.8 Å². The second-order valence-corrected chi connectivity index (χ2v) is 4.71. The summed E-state index contributed by atoms with van der Waals surface area (Å²) in [6.45, 7) is 1.98. The van der Waals surface area contributed by atoms with E-state index in [0.717, 1.165) is 17.1 Å². The van der Waals surface area contributed by atoms with Gasteiger partial charge in [0.1, 0.15) is 0 Å². The summed E-state index contributed by atoms with van der Waals surface area (Å²) in [7, 11) is 1.39. The molecule has 0 spiro atoms. The van der Waals surface area contributed by atoms with Gasteiger partial charge < -0.3 is 10.5 Å². The average Bonchev–Trinajstić information content (AvgIpc) is 2.28. The first kappa shape index (κ1) is 13.1. The molecule has 1 atom stereocenters. The van der Waals surface area contributed by atoms with E-state index in [1.807, 2.05) is 25.1 Å². The van der Waals surface area contributed by atoms with Crippen molar-refractivity contribution in [2.75, 3.05) is 12.9 Å². The summed E-state index contributed by atoms with van der Waals surface area (Å²) in [6, 6.07) is 7.69. The van der Waals surface area contributed by atoms with E-state index < -0.39 is 0 Å². The van der Waals surface area contributed by atoms with Crippen molar-refractivity contribution in [3.63, 3.8) is 0 Å². The first-order chi connectivity index (χ1) is 7.63. The van der Waals surface area contributed by atoms with Crippen molar-refractivity contribution >= 4 is 17.7 Å². The highest BCUT2D eigenvalue weighted by molar-refractivity contribution is 7.98. The zero-order valence-electron chi connectivity index (χ0n) is 9.60. The van der Waals surface area contributed by atoms with E-state index in [1.165, 1.54) is 7.11 Å². The molecule has 4 heteroatoms. The van der Waals surface area contributed by atoms with E-state index in [2.05, 4.69) is 4.74 Å². The van der Waals surface area contributed by atoms with Gasteiger partial charge in [0.2, 0.25) is 0 Å². The first-order valence-corrected chi connectivity index (χ1v) is 6.29. The minimum atomic E-state index is -0.293. The minimum absolute atomic E-state index is 0.203. The topological polar surface area (TPSA) is 52.3 Å². The minimum Gasteiger partial charge on any atom is -0.465 e. The first-order valence-electron chi connectivity index (χ1n) is 5.14. The SMILES string of the molecule is COC(=O)c1cccc(CSCC(C)N)c1. The fraction of sp³-hybridized carbons (Fsp3) is 0.417. The van der Waals surface area contributed by atoms with Crippen LogP contribution in [0, 0.1) is 0 Å². The van der Waals surface area contributed by atoms with E-state index >= 15 is 0 Å². The molecule has 0 heterocycles. The smallest absolute Gasteiger partial charge is 0.337 e. The van der Waals surface area contributed by atoms with Crippen molar-refractivity contribution in [1.82, 2.24) is 0 Å². The van der Waals surface area contributed by atoms with Gasteiger partial charge in [0.05, 0.1) is 12.7 Å². The fourth-order valence-corrected chi connectivity index (χ4v) is 2.17. The average molecular weight is 239 g/mol. The summed E-state index contributed by atoms with van der Waals surface area (Å²) in [5, 5.41) is 0. The van der Waals surface area contributed by atoms with Crippen molar-refractivity contribution in [2.24, 2.45) is 5.73 Å². The highest BCUT2D eigenvalue weighted by atomic mass is 32.2. The Kier molecular flexibility index (Phi) is 5.35. The Bertz CT molecular complexity index is 353. The van der Waals surface area contributed by atoms with Crippen LogP contribution in [0.5, 0.6) is 0 Å². The number of esters is 1. The number of benzene rings is 1. The van der Waals surface area contributed by atoms with Gasteiger partial charge in [0.25, 0.3) is 0 Å². The molecule has 0 aliphatic heterocycles. The molecule has 1 aromatic carbocycles. The number of thioether (sulfide) groups is 1. The molecule has 0 aliphatic carbocycles. The predicted octanol–water partition coefficient (Wildman–Crippen LogP) is 2.05. The summed E-state index contributed by atoms with van der Waals surface area (Å²) in [5.41, 5.74) is 7.38. The van der Waals surface area contributed by atoms with Gasteiger partial charge in [-0.3, -0.25) is 0 Å². The number of carbonyl (C=O) groups excluding carboxylic acids is 1. The molecule has 16 heavy (non-hydrogen) atoms. The van der Waals surface area contributed by atoms with Gasteiger partial charge in [0.15, 0.2) is 0 Å². The Morgan fingerprint density at radius 2 is 2.31 bits per heavy atom. The van der Waals surface area contributed by atoms with Gasteiger partial charge >= 0.3 is 5.97 Å². The van der Waals surface area contributed by atoms with E-state index in [1.54, 1.807) is 17.8 Å². The molecule has 88 valence electrons. The Labute approximate surface area is 100 Å². The fourth-order valence-electron chi connectivity index (χ4n) is 1.27. The van der Waals surface area contributed by atoms with Crippen LogP contribution in [0.25, 0.3) is 0 Å². The van der Waals surface area contributed by atoms with Crippen molar-refractivity contribution in [3.8, 4) is 0 Å². The molecule has 3 nitrogen and oxygen atoms in total. The quantitative estimate of drug-likeness (QED) is 0.799. The third kappa shape index (κ3) is 4.24. The molecule has 0 aliphatic rings. The van der Waals surface area contributed by atoms with Crippen LogP contribution in [-0.2, 0) is 10.5 Å². The summed E-state index contributed by atoms with van der Waals surface area (Å²) in [4.78, 5) is 11.3. The van der Waals surface area contributed by atoms with Gasteiger partial charge in [0, 0.05) is 17.5 Å². The third-order valence-electron chi connectivity index (χ3n) is 2.00. The molecule has 0 fully saturated rings. The number of carbonyl (C=O) groups is 1. The second-order valence-electron chi connectivity index (χ2n) is 3.68. The highest BCUT2D eigenvalue weighted by Crippen LogP contribution is 2.14. The van der Waals surface area contributed by atoms with Crippen molar-refractivity contribution in [2.45, 2.75) is 18.7 Å². The molecule has 0 saturated heterocycles. The number of nitrogens with two attached hydrogens (primary N) is 1. The summed E-state index contributed by atoms with van der Waals surface area (Å²) in [5.74, 6) is 1.49. The Balaban J connectivity index is 2.57. The van der Waals surface area contributed by atoms with E-state index in [4.69, 9.17) is 5.73 Å². The lowest BCUT2D eigenvalue weighted by Crippen LogP contribution is -2.17. The highest BCUT2D eigenvalue weighted by Gasteiger charge is 2.05.